The van der Waals surface area contributed by atoms with Crippen molar-refractivity contribution in [1.29, 1.82) is 0 Å². The number of ether oxygens (including phenoxy) is 3. The summed E-state index contributed by atoms with van der Waals surface area (Å²) in [5.74, 6) is 0.545. The Morgan fingerprint density at radius 1 is 1.12 bits per heavy atom. The molecule has 1 heterocycles. The Kier molecular flexibility index (Phi) is 6.42. The molecule has 174 valence electrons. The van der Waals surface area contributed by atoms with Crippen molar-refractivity contribution in [2.24, 2.45) is 0 Å². The van der Waals surface area contributed by atoms with E-state index in [-0.39, 0.29) is 23.8 Å². The van der Waals surface area contributed by atoms with Gasteiger partial charge in [0.15, 0.2) is 18.1 Å². The molecular formula is C24H21N3O7. The largest absolute Gasteiger partial charge is 0.490 e. The fraction of sp³-hybridized carbons (Fsp3) is 0.167. The van der Waals surface area contributed by atoms with Gasteiger partial charge in [-0.1, -0.05) is 6.07 Å². The molecule has 0 unspecified atom stereocenters. The highest BCUT2D eigenvalue weighted by Crippen LogP contribution is 2.31. The molecule has 0 bridgehead atoms. The number of nitro groups is 1. The summed E-state index contributed by atoms with van der Waals surface area (Å²) in [7, 11) is 2.87. The number of hydrogen-bond donors (Lipinski definition) is 1. The Hall–Kier alpha value is -4.44. The minimum atomic E-state index is -0.597. The van der Waals surface area contributed by atoms with Crippen molar-refractivity contribution in [3.05, 3.63) is 75.8 Å². The minimum Gasteiger partial charge on any atom is -0.490 e. The van der Waals surface area contributed by atoms with Crippen molar-refractivity contribution in [1.82, 2.24) is 4.98 Å². The monoisotopic (exact) mass is 463 g/mol. The second-order valence-corrected chi connectivity index (χ2v) is 7.33. The van der Waals surface area contributed by atoms with Crippen LogP contribution in [0.5, 0.6) is 11.5 Å². The van der Waals surface area contributed by atoms with Crippen molar-refractivity contribution in [2.45, 2.75) is 6.92 Å². The van der Waals surface area contributed by atoms with Gasteiger partial charge in [0.05, 0.1) is 12.0 Å². The molecule has 0 fully saturated rings. The van der Waals surface area contributed by atoms with E-state index in [2.05, 4.69) is 10.3 Å². The number of methoxy groups -OCH3 is 2. The van der Waals surface area contributed by atoms with Gasteiger partial charge in [-0.05, 0) is 48.9 Å². The summed E-state index contributed by atoms with van der Waals surface area (Å²) in [5.41, 5.74) is 3.00. The van der Waals surface area contributed by atoms with Crippen molar-refractivity contribution in [2.75, 3.05) is 26.3 Å². The normalized spacial score (nSPS) is 10.8. The summed E-state index contributed by atoms with van der Waals surface area (Å²) in [6.45, 7) is 1.95. The zero-order valence-electron chi connectivity index (χ0n) is 18.7. The Balaban J connectivity index is 1.61. The number of fused-ring (bicyclic) bond motifs is 1. The van der Waals surface area contributed by atoms with E-state index in [1.807, 2.05) is 19.1 Å². The van der Waals surface area contributed by atoms with Crippen molar-refractivity contribution in [3.63, 3.8) is 0 Å². The quantitative estimate of drug-likeness (QED) is 0.221. The molecule has 0 saturated carbocycles. The first-order chi connectivity index (χ1) is 16.4. The van der Waals surface area contributed by atoms with Crippen LogP contribution in [0.4, 0.5) is 11.4 Å². The number of nitrogens with one attached hydrogen (secondary N) is 1. The molecule has 0 radical (unpaired) electrons. The summed E-state index contributed by atoms with van der Waals surface area (Å²) in [4.78, 5) is 28.0. The molecule has 1 aromatic heterocycles. The third kappa shape index (κ3) is 4.66. The van der Waals surface area contributed by atoms with Crippen LogP contribution in [0.3, 0.4) is 0 Å². The van der Waals surface area contributed by atoms with Crippen LogP contribution >= 0.6 is 0 Å². The van der Waals surface area contributed by atoms with Crippen LogP contribution in [0.15, 0.2) is 59.0 Å². The molecule has 1 N–H and O–H groups in total. The standard InChI is InChI=1S/C24H21N3O7/c1-14-4-5-16(24-26-19-12-17(33-13-31-2)7-9-21(19)34-24)10-18(14)25-23(28)15-6-8-22(32-3)20(11-15)27(29)30/h4-12H,13H2,1-3H3,(H,25,28). The Bertz CT molecular complexity index is 1380. The van der Waals surface area contributed by atoms with Gasteiger partial charge >= 0.3 is 5.69 Å². The number of amides is 1. The van der Waals surface area contributed by atoms with Crippen LogP contribution in [-0.4, -0.2) is 36.8 Å². The molecule has 0 aliphatic heterocycles. The van der Waals surface area contributed by atoms with E-state index in [9.17, 15) is 14.9 Å². The minimum absolute atomic E-state index is 0.0754. The van der Waals surface area contributed by atoms with Crippen LogP contribution in [-0.2, 0) is 4.74 Å². The van der Waals surface area contributed by atoms with Gasteiger partial charge in [-0.3, -0.25) is 14.9 Å². The molecule has 0 aliphatic rings. The van der Waals surface area contributed by atoms with Gasteiger partial charge < -0.3 is 23.9 Å². The van der Waals surface area contributed by atoms with Gasteiger partial charge in [-0.2, -0.15) is 0 Å². The summed E-state index contributed by atoms with van der Waals surface area (Å²) >= 11 is 0. The van der Waals surface area contributed by atoms with E-state index in [1.165, 1.54) is 32.4 Å². The predicted molar refractivity (Wildman–Crippen MR) is 124 cm³/mol. The number of anilines is 1. The number of oxazole rings is 1. The van der Waals surface area contributed by atoms with E-state index < -0.39 is 10.8 Å². The zero-order valence-corrected chi connectivity index (χ0v) is 18.7. The number of carbonyl (C=O) groups excluding carboxylic acids is 1. The van der Waals surface area contributed by atoms with Crippen molar-refractivity contribution in [3.8, 4) is 23.0 Å². The zero-order chi connectivity index (χ0) is 24.2. The van der Waals surface area contributed by atoms with E-state index in [1.54, 1.807) is 24.3 Å². The third-order valence-corrected chi connectivity index (χ3v) is 5.07. The Morgan fingerprint density at radius 2 is 1.94 bits per heavy atom. The Morgan fingerprint density at radius 3 is 2.68 bits per heavy atom. The highest BCUT2D eigenvalue weighted by atomic mass is 16.7. The molecule has 0 spiro atoms. The highest BCUT2D eigenvalue weighted by molar-refractivity contribution is 6.05. The number of nitro benzene ring substituents is 1. The fourth-order valence-corrected chi connectivity index (χ4v) is 3.31. The molecule has 0 atom stereocenters. The van der Waals surface area contributed by atoms with Gasteiger partial charge in [0, 0.05) is 36.1 Å². The predicted octanol–water partition coefficient (Wildman–Crippen LogP) is 4.96. The molecule has 0 saturated heterocycles. The topological polar surface area (TPSA) is 126 Å². The number of rotatable bonds is 8. The average molecular weight is 463 g/mol. The first kappa shape index (κ1) is 22.7. The molecular weight excluding hydrogens is 442 g/mol. The van der Waals surface area contributed by atoms with Crippen LogP contribution in [0, 0.1) is 17.0 Å². The van der Waals surface area contributed by atoms with Gasteiger partial charge in [-0.15, -0.1) is 0 Å². The molecule has 0 aliphatic carbocycles. The van der Waals surface area contributed by atoms with Crippen molar-refractivity contribution >= 4 is 28.4 Å². The van der Waals surface area contributed by atoms with Crippen LogP contribution in [0.25, 0.3) is 22.6 Å². The smallest absolute Gasteiger partial charge is 0.311 e. The maximum absolute atomic E-state index is 12.8. The summed E-state index contributed by atoms with van der Waals surface area (Å²) in [5, 5.41) is 14.1. The number of aryl methyl sites for hydroxylation is 1. The second-order valence-electron chi connectivity index (χ2n) is 7.33. The summed E-state index contributed by atoms with van der Waals surface area (Å²) in [6, 6.07) is 14.7. The molecule has 10 nitrogen and oxygen atoms in total. The van der Waals surface area contributed by atoms with Crippen LogP contribution in [0.2, 0.25) is 0 Å². The van der Waals surface area contributed by atoms with Crippen LogP contribution < -0.4 is 14.8 Å². The number of carbonyl (C=O) groups is 1. The number of benzene rings is 3. The van der Waals surface area contributed by atoms with Gasteiger partial charge in [0.1, 0.15) is 11.3 Å². The molecule has 4 rings (SSSR count). The number of hydrogen-bond acceptors (Lipinski definition) is 8. The number of aromatic nitrogens is 1. The average Bonchev–Trinajstić information content (AvgIpc) is 3.27. The van der Waals surface area contributed by atoms with Gasteiger partial charge in [-0.25, -0.2) is 4.98 Å². The molecule has 1 amide bonds. The maximum atomic E-state index is 12.8. The fourth-order valence-electron chi connectivity index (χ4n) is 3.31. The Labute approximate surface area is 194 Å². The lowest BCUT2D eigenvalue weighted by Gasteiger charge is -2.10. The number of nitrogens with zero attached hydrogens (tertiary/aromatic N) is 2. The van der Waals surface area contributed by atoms with Crippen LogP contribution in [0.1, 0.15) is 15.9 Å². The lowest BCUT2D eigenvalue weighted by Crippen LogP contribution is -2.13. The lowest BCUT2D eigenvalue weighted by atomic mass is 10.1. The van der Waals surface area contributed by atoms with E-state index >= 15 is 0 Å². The first-order valence-electron chi connectivity index (χ1n) is 10.2. The molecule has 3 aromatic carbocycles. The van der Waals surface area contributed by atoms with Gasteiger partial charge in [0.2, 0.25) is 5.89 Å². The lowest BCUT2D eigenvalue weighted by molar-refractivity contribution is -0.385. The van der Waals surface area contributed by atoms with E-state index in [4.69, 9.17) is 18.6 Å². The second kappa shape index (κ2) is 9.59. The highest BCUT2D eigenvalue weighted by Gasteiger charge is 2.19. The first-order valence-corrected chi connectivity index (χ1v) is 10.2. The maximum Gasteiger partial charge on any atom is 0.311 e. The summed E-state index contributed by atoms with van der Waals surface area (Å²) in [6.07, 6.45) is 0. The van der Waals surface area contributed by atoms with E-state index in [0.717, 1.165) is 5.56 Å². The molecule has 4 aromatic rings. The third-order valence-electron chi connectivity index (χ3n) is 5.07. The van der Waals surface area contributed by atoms with Gasteiger partial charge in [0.25, 0.3) is 5.91 Å². The van der Waals surface area contributed by atoms with E-state index in [0.29, 0.717) is 34.0 Å². The molecule has 34 heavy (non-hydrogen) atoms. The SMILES string of the molecule is COCOc1ccc2oc(-c3ccc(C)c(NC(=O)c4ccc(OC)c([N+](=O)[O-])c4)c3)nc2c1. The van der Waals surface area contributed by atoms with Crippen molar-refractivity contribution < 1.29 is 28.3 Å². The molecule has 10 heteroatoms. The summed E-state index contributed by atoms with van der Waals surface area (Å²) < 4.78 is 21.2.